The van der Waals surface area contributed by atoms with Crippen molar-refractivity contribution in [2.75, 3.05) is 13.2 Å². The number of ether oxygens (including phenoxy) is 1. The first-order valence-corrected chi connectivity index (χ1v) is 4.84. The topological polar surface area (TPSA) is 9.23 Å². The third-order valence-corrected chi connectivity index (χ3v) is 3.17. The summed E-state index contributed by atoms with van der Waals surface area (Å²) in [5, 5.41) is 0. The van der Waals surface area contributed by atoms with E-state index in [9.17, 15) is 0 Å². The molecule has 1 aromatic carbocycles. The van der Waals surface area contributed by atoms with E-state index in [1.807, 2.05) is 0 Å². The van der Waals surface area contributed by atoms with E-state index in [0.29, 0.717) is 0 Å². The summed E-state index contributed by atoms with van der Waals surface area (Å²) in [6.07, 6.45) is 0. The van der Waals surface area contributed by atoms with Crippen LogP contribution in [-0.4, -0.2) is 13.2 Å². The summed E-state index contributed by atoms with van der Waals surface area (Å²) in [7, 11) is 0. The molecule has 0 unspecified atom stereocenters. The average Bonchev–Trinajstić information content (AvgIpc) is 2.01. The van der Waals surface area contributed by atoms with E-state index in [2.05, 4.69) is 47.1 Å². The summed E-state index contributed by atoms with van der Waals surface area (Å²) in [6.45, 7) is 3.71. The van der Waals surface area contributed by atoms with Gasteiger partial charge in [0.15, 0.2) is 0 Å². The predicted molar refractivity (Wildman–Crippen MR) is 52.6 cm³/mol. The molecular weight excluding hydrogens is 216 g/mol. The second-order valence-corrected chi connectivity index (χ2v) is 4.79. The van der Waals surface area contributed by atoms with E-state index < -0.39 is 0 Å². The molecule has 2 heteroatoms. The number of alkyl halides is 1. The van der Waals surface area contributed by atoms with Crippen LogP contribution in [0.1, 0.15) is 11.1 Å². The van der Waals surface area contributed by atoms with Gasteiger partial charge in [-0.3, -0.25) is 0 Å². The van der Waals surface area contributed by atoms with Gasteiger partial charge in [-0.25, -0.2) is 0 Å². The highest BCUT2D eigenvalue weighted by Crippen LogP contribution is 2.39. The lowest BCUT2D eigenvalue weighted by Crippen LogP contribution is -2.41. The highest BCUT2D eigenvalue weighted by Gasteiger charge is 2.38. The van der Waals surface area contributed by atoms with Crippen molar-refractivity contribution in [3.8, 4) is 0 Å². The van der Waals surface area contributed by atoms with E-state index in [1.165, 1.54) is 11.1 Å². The average molecular weight is 227 g/mol. The van der Waals surface area contributed by atoms with Crippen LogP contribution in [0.5, 0.6) is 0 Å². The Labute approximate surface area is 80.9 Å². The second-order valence-electron chi connectivity index (χ2n) is 3.27. The molecule has 1 heterocycles. The SMILES string of the molecule is Cc1ccccc1C1(Br)COC1. The zero-order valence-corrected chi connectivity index (χ0v) is 8.60. The Morgan fingerprint density at radius 1 is 1.33 bits per heavy atom. The molecule has 1 nitrogen and oxygen atoms in total. The van der Waals surface area contributed by atoms with Gasteiger partial charge in [-0.05, 0) is 18.1 Å². The van der Waals surface area contributed by atoms with E-state index in [0.717, 1.165) is 13.2 Å². The highest BCUT2D eigenvalue weighted by atomic mass is 79.9. The lowest BCUT2D eigenvalue weighted by atomic mass is 9.93. The summed E-state index contributed by atoms with van der Waals surface area (Å²) >= 11 is 3.70. The summed E-state index contributed by atoms with van der Waals surface area (Å²) in [6, 6.07) is 8.43. The first-order valence-electron chi connectivity index (χ1n) is 4.05. The monoisotopic (exact) mass is 226 g/mol. The second kappa shape index (κ2) is 2.86. The third kappa shape index (κ3) is 1.19. The van der Waals surface area contributed by atoms with Gasteiger partial charge in [-0.2, -0.15) is 0 Å². The normalized spacial score (nSPS) is 20.2. The maximum Gasteiger partial charge on any atom is 0.0973 e. The van der Waals surface area contributed by atoms with Gasteiger partial charge < -0.3 is 4.74 Å². The summed E-state index contributed by atoms with van der Waals surface area (Å²) < 4.78 is 5.30. The molecule has 0 atom stereocenters. The lowest BCUT2D eigenvalue weighted by molar-refractivity contribution is -0.00724. The van der Waals surface area contributed by atoms with Gasteiger partial charge in [-0.1, -0.05) is 40.2 Å². The fraction of sp³-hybridized carbons (Fsp3) is 0.400. The van der Waals surface area contributed by atoms with E-state index >= 15 is 0 Å². The summed E-state index contributed by atoms with van der Waals surface area (Å²) in [5.41, 5.74) is 2.69. The Balaban J connectivity index is 2.39. The van der Waals surface area contributed by atoms with Gasteiger partial charge in [0, 0.05) is 0 Å². The molecule has 0 aliphatic carbocycles. The van der Waals surface area contributed by atoms with E-state index in [1.54, 1.807) is 0 Å². The van der Waals surface area contributed by atoms with E-state index in [-0.39, 0.29) is 4.32 Å². The van der Waals surface area contributed by atoms with Crippen molar-refractivity contribution in [3.05, 3.63) is 35.4 Å². The third-order valence-electron chi connectivity index (χ3n) is 2.29. The van der Waals surface area contributed by atoms with Crippen LogP contribution in [0.2, 0.25) is 0 Å². The largest absolute Gasteiger partial charge is 0.378 e. The summed E-state index contributed by atoms with van der Waals surface area (Å²) in [4.78, 5) is 0. The molecule has 0 amide bonds. The first kappa shape index (κ1) is 8.27. The Morgan fingerprint density at radius 2 is 2.00 bits per heavy atom. The molecule has 0 spiro atoms. The van der Waals surface area contributed by atoms with Crippen LogP contribution < -0.4 is 0 Å². The van der Waals surface area contributed by atoms with Crippen LogP contribution >= 0.6 is 15.9 Å². The standard InChI is InChI=1S/C10H11BrO/c1-8-4-2-3-5-9(8)10(11)6-12-7-10/h2-5H,6-7H2,1H3. The van der Waals surface area contributed by atoms with Crippen LogP contribution in [0.15, 0.2) is 24.3 Å². The van der Waals surface area contributed by atoms with E-state index in [4.69, 9.17) is 4.74 Å². The number of hydrogen-bond donors (Lipinski definition) is 0. The number of benzene rings is 1. The summed E-state index contributed by atoms with van der Waals surface area (Å²) in [5.74, 6) is 0. The van der Waals surface area contributed by atoms with Gasteiger partial charge in [0.05, 0.1) is 17.5 Å². The molecule has 0 radical (unpaired) electrons. The molecule has 0 bridgehead atoms. The Bertz CT molecular complexity index is 292. The fourth-order valence-corrected chi connectivity index (χ4v) is 2.28. The molecule has 12 heavy (non-hydrogen) atoms. The molecule has 0 N–H and O–H groups in total. The van der Waals surface area contributed by atoms with Crippen LogP contribution in [-0.2, 0) is 9.06 Å². The number of aryl methyl sites for hydroxylation is 1. The van der Waals surface area contributed by atoms with Crippen LogP contribution in [0, 0.1) is 6.92 Å². The molecule has 1 fully saturated rings. The Hall–Kier alpha value is -0.340. The van der Waals surface area contributed by atoms with Crippen molar-refractivity contribution in [1.82, 2.24) is 0 Å². The molecule has 1 saturated heterocycles. The van der Waals surface area contributed by atoms with Gasteiger partial charge in [0.25, 0.3) is 0 Å². The van der Waals surface area contributed by atoms with Gasteiger partial charge >= 0.3 is 0 Å². The quantitative estimate of drug-likeness (QED) is 0.670. The highest BCUT2D eigenvalue weighted by molar-refractivity contribution is 9.09. The van der Waals surface area contributed by atoms with Crippen molar-refractivity contribution in [3.63, 3.8) is 0 Å². The van der Waals surface area contributed by atoms with Gasteiger partial charge in [0.1, 0.15) is 0 Å². The lowest BCUT2D eigenvalue weighted by Gasteiger charge is -2.37. The molecule has 0 aromatic heterocycles. The Morgan fingerprint density at radius 3 is 2.50 bits per heavy atom. The molecule has 0 saturated carbocycles. The molecule has 1 aliphatic heterocycles. The molecule has 1 aliphatic rings. The molecule has 64 valence electrons. The van der Waals surface area contributed by atoms with Crippen LogP contribution in [0.3, 0.4) is 0 Å². The zero-order chi connectivity index (χ0) is 8.60. The van der Waals surface area contributed by atoms with Crippen molar-refractivity contribution in [2.45, 2.75) is 11.2 Å². The van der Waals surface area contributed by atoms with Crippen molar-refractivity contribution >= 4 is 15.9 Å². The minimum atomic E-state index is 0.0956. The molecule has 1 aromatic rings. The predicted octanol–water partition coefficient (Wildman–Crippen LogP) is 2.62. The number of rotatable bonds is 1. The zero-order valence-electron chi connectivity index (χ0n) is 7.01. The van der Waals surface area contributed by atoms with Crippen molar-refractivity contribution in [2.24, 2.45) is 0 Å². The maximum atomic E-state index is 5.20. The van der Waals surface area contributed by atoms with Crippen molar-refractivity contribution < 1.29 is 4.74 Å². The van der Waals surface area contributed by atoms with Gasteiger partial charge in [0.2, 0.25) is 0 Å². The van der Waals surface area contributed by atoms with Crippen LogP contribution in [0.25, 0.3) is 0 Å². The van der Waals surface area contributed by atoms with Crippen LogP contribution in [0.4, 0.5) is 0 Å². The smallest absolute Gasteiger partial charge is 0.0973 e. The Kier molecular flexibility index (Phi) is 1.97. The van der Waals surface area contributed by atoms with Gasteiger partial charge in [-0.15, -0.1) is 0 Å². The minimum absolute atomic E-state index is 0.0956. The number of halogens is 1. The maximum absolute atomic E-state index is 5.20. The number of hydrogen-bond acceptors (Lipinski definition) is 1. The molecular formula is C10H11BrO. The van der Waals surface area contributed by atoms with Crippen molar-refractivity contribution in [1.29, 1.82) is 0 Å². The minimum Gasteiger partial charge on any atom is -0.378 e. The first-order chi connectivity index (χ1) is 5.72. The molecule has 2 rings (SSSR count). The fourth-order valence-electron chi connectivity index (χ4n) is 1.51.